The molecule has 0 bridgehead atoms. The predicted molar refractivity (Wildman–Crippen MR) is 110 cm³/mol. The minimum Gasteiger partial charge on any atom is -0.379 e. The molecular weight excluding hydrogens is 385 g/mol. The zero-order valence-corrected chi connectivity index (χ0v) is 16.6. The first-order chi connectivity index (χ1) is 13.1. The summed E-state index contributed by atoms with van der Waals surface area (Å²) < 4.78 is 5.42. The Morgan fingerprint density at radius 3 is 2.81 bits per heavy atom. The number of fused-ring (bicyclic) bond motifs is 1. The Bertz CT molecular complexity index is 925. The third kappa shape index (κ3) is 3.89. The molecule has 4 rings (SSSR count). The second-order valence-corrected chi connectivity index (χ2v) is 7.43. The lowest BCUT2D eigenvalue weighted by Gasteiger charge is -2.29. The van der Waals surface area contributed by atoms with Crippen LogP contribution in [0.15, 0.2) is 30.6 Å². The lowest BCUT2D eigenvalue weighted by atomic mass is 10.0. The highest BCUT2D eigenvalue weighted by Crippen LogP contribution is 2.37. The molecule has 0 radical (unpaired) electrons. The van der Waals surface area contributed by atoms with Crippen LogP contribution in [0.5, 0.6) is 0 Å². The van der Waals surface area contributed by atoms with Gasteiger partial charge in [-0.25, -0.2) is 4.98 Å². The van der Waals surface area contributed by atoms with E-state index in [1.165, 1.54) is 0 Å². The average molecular weight is 406 g/mol. The third-order valence-corrected chi connectivity index (χ3v) is 5.71. The molecule has 0 aliphatic carbocycles. The summed E-state index contributed by atoms with van der Waals surface area (Å²) in [5, 5.41) is 8.89. The molecule has 0 atom stereocenters. The molecule has 8 heteroatoms. The van der Waals surface area contributed by atoms with Crippen molar-refractivity contribution < 1.29 is 4.74 Å². The SMILES string of the molecule is CN(CCN1CCOCC1)c1cc(-c2cn[nH]c2)c2ccc(Cl)c(Cl)c2n1. The number of aromatic nitrogens is 3. The van der Waals surface area contributed by atoms with Crippen molar-refractivity contribution in [1.29, 1.82) is 0 Å². The van der Waals surface area contributed by atoms with E-state index >= 15 is 0 Å². The van der Waals surface area contributed by atoms with E-state index in [2.05, 4.69) is 26.1 Å². The zero-order valence-electron chi connectivity index (χ0n) is 15.1. The maximum atomic E-state index is 6.48. The van der Waals surface area contributed by atoms with E-state index in [-0.39, 0.29) is 0 Å². The zero-order chi connectivity index (χ0) is 18.8. The molecule has 1 aromatic carbocycles. The smallest absolute Gasteiger partial charge is 0.129 e. The minimum atomic E-state index is 0.474. The van der Waals surface area contributed by atoms with Crippen LogP contribution in [0.4, 0.5) is 5.82 Å². The first-order valence-corrected chi connectivity index (χ1v) is 9.68. The van der Waals surface area contributed by atoms with Crippen LogP contribution in [0.1, 0.15) is 0 Å². The molecule has 3 heterocycles. The average Bonchev–Trinajstić information content (AvgIpc) is 3.24. The summed E-state index contributed by atoms with van der Waals surface area (Å²) in [5.74, 6) is 0.858. The molecule has 1 aliphatic rings. The maximum Gasteiger partial charge on any atom is 0.129 e. The van der Waals surface area contributed by atoms with Gasteiger partial charge in [-0.3, -0.25) is 10.00 Å². The number of benzene rings is 1. The topological polar surface area (TPSA) is 57.3 Å². The second-order valence-electron chi connectivity index (χ2n) is 6.65. The molecule has 1 fully saturated rings. The number of pyridine rings is 1. The van der Waals surface area contributed by atoms with Gasteiger partial charge in [-0.05, 0) is 17.7 Å². The Kier molecular flexibility index (Phi) is 5.50. The van der Waals surface area contributed by atoms with Gasteiger partial charge < -0.3 is 9.64 Å². The monoisotopic (exact) mass is 405 g/mol. The number of rotatable bonds is 5. The van der Waals surface area contributed by atoms with E-state index in [0.717, 1.165) is 61.7 Å². The van der Waals surface area contributed by atoms with Crippen LogP contribution >= 0.6 is 23.2 Å². The highest BCUT2D eigenvalue weighted by atomic mass is 35.5. The molecule has 2 aromatic heterocycles. The van der Waals surface area contributed by atoms with Crippen molar-refractivity contribution in [2.24, 2.45) is 0 Å². The molecule has 0 spiro atoms. The first kappa shape index (κ1) is 18.5. The number of H-pyrrole nitrogens is 1. The van der Waals surface area contributed by atoms with Crippen LogP contribution in [-0.4, -0.2) is 66.5 Å². The lowest BCUT2D eigenvalue weighted by molar-refractivity contribution is 0.0393. The summed E-state index contributed by atoms with van der Waals surface area (Å²) in [4.78, 5) is 9.36. The van der Waals surface area contributed by atoms with Gasteiger partial charge in [-0.15, -0.1) is 0 Å². The van der Waals surface area contributed by atoms with Crippen molar-refractivity contribution in [3.63, 3.8) is 0 Å². The van der Waals surface area contributed by atoms with Crippen LogP contribution in [0.25, 0.3) is 22.0 Å². The van der Waals surface area contributed by atoms with Crippen molar-refractivity contribution in [1.82, 2.24) is 20.1 Å². The van der Waals surface area contributed by atoms with Crippen LogP contribution < -0.4 is 4.90 Å². The maximum absolute atomic E-state index is 6.48. The summed E-state index contributed by atoms with van der Waals surface area (Å²) in [5.41, 5.74) is 2.72. The summed E-state index contributed by atoms with van der Waals surface area (Å²) >= 11 is 12.7. The number of ether oxygens (including phenoxy) is 1. The number of nitrogens with zero attached hydrogens (tertiary/aromatic N) is 4. The summed E-state index contributed by atoms with van der Waals surface area (Å²) in [6.07, 6.45) is 3.67. The van der Waals surface area contributed by atoms with Crippen molar-refractivity contribution in [3.8, 4) is 11.1 Å². The first-order valence-electron chi connectivity index (χ1n) is 8.92. The number of likely N-dealkylation sites (N-methyl/N-ethyl adjacent to an activating group) is 1. The number of aromatic amines is 1. The van der Waals surface area contributed by atoms with E-state index in [4.69, 9.17) is 32.9 Å². The molecule has 0 amide bonds. The van der Waals surface area contributed by atoms with Gasteiger partial charge in [0.05, 0.1) is 35.0 Å². The second kappa shape index (κ2) is 8.02. The standard InChI is InChI=1S/C19H21Cl2N5O/c1-25(4-5-26-6-8-27-9-7-26)17-10-15(13-11-22-23-12-13)14-2-3-16(20)18(21)19(14)24-17/h2-3,10-12H,4-9H2,1H3,(H,22,23). The molecule has 3 aromatic rings. The summed E-state index contributed by atoms with van der Waals surface area (Å²) in [6, 6.07) is 5.84. The normalized spacial score (nSPS) is 15.4. The lowest BCUT2D eigenvalue weighted by Crippen LogP contribution is -2.40. The molecule has 6 nitrogen and oxygen atoms in total. The van der Waals surface area contributed by atoms with Crippen molar-refractivity contribution in [2.75, 3.05) is 51.3 Å². The van der Waals surface area contributed by atoms with Crippen LogP contribution in [0, 0.1) is 0 Å². The highest BCUT2D eigenvalue weighted by molar-refractivity contribution is 6.45. The molecule has 142 valence electrons. The number of nitrogens with one attached hydrogen (secondary N) is 1. The molecule has 0 unspecified atom stereocenters. The quantitative estimate of drug-likeness (QED) is 0.700. The Hall–Kier alpha value is -1.86. The van der Waals surface area contributed by atoms with Crippen LogP contribution in [0.2, 0.25) is 10.0 Å². The Morgan fingerprint density at radius 2 is 2.07 bits per heavy atom. The van der Waals surface area contributed by atoms with Crippen LogP contribution in [0.3, 0.4) is 0 Å². The van der Waals surface area contributed by atoms with Gasteiger partial charge >= 0.3 is 0 Å². The molecular formula is C19H21Cl2N5O. The van der Waals surface area contributed by atoms with E-state index in [0.29, 0.717) is 15.6 Å². The highest BCUT2D eigenvalue weighted by Gasteiger charge is 2.16. The van der Waals surface area contributed by atoms with E-state index in [1.807, 2.05) is 19.3 Å². The van der Waals surface area contributed by atoms with E-state index in [9.17, 15) is 0 Å². The fraction of sp³-hybridized carbons (Fsp3) is 0.368. The van der Waals surface area contributed by atoms with Gasteiger partial charge in [0.2, 0.25) is 0 Å². The van der Waals surface area contributed by atoms with Crippen molar-refractivity contribution in [3.05, 3.63) is 40.6 Å². The molecule has 1 saturated heterocycles. The van der Waals surface area contributed by atoms with Gasteiger partial charge in [-0.2, -0.15) is 5.10 Å². The number of morpholine rings is 1. The number of hydrogen-bond acceptors (Lipinski definition) is 5. The van der Waals surface area contributed by atoms with Gasteiger partial charge in [0.25, 0.3) is 0 Å². The number of hydrogen-bond donors (Lipinski definition) is 1. The fourth-order valence-electron chi connectivity index (χ4n) is 3.28. The van der Waals surface area contributed by atoms with Gasteiger partial charge in [0.15, 0.2) is 0 Å². The van der Waals surface area contributed by atoms with E-state index in [1.54, 1.807) is 12.3 Å². The molecule has 1 aliphatic heterocycles. The Labute approximate surface area is 168 Å². The van der Waals surface area contributed by atoms with Crippen LogP contribution in [-0.2, 0) is 4.74 Å². The van der Waals surface area contributed by atoms with Gasteiger partial charge in [0, 0.05) is 50.4 Å². The number of halogens is 2. The number of anilines is 1. The third-order valence-electron chi connectivity index (χ3n) is 4.91. The molecule has 1 N–H and O–H groups in total. The fourth-order valence-corrected chi connectivity index (χ4v) is 3.64. The summed E-state index contributed by atoms with van der Waals surface area (Å²) in [7, 11) is 2.05. The largest absolute Gasteiger partial charge is 0.379 e. The van der Waals surface area contributed by atoms with E-state index < -0.39 is 0 Å². The van der Waals surface area contributed by atoms with Gasteiger partial charge in [-0.1, -0.05) is 29.3 Å². The predicted octanol–water partition coefficient (Wildman–Crippen LogP) is 3.70. The molecule has 0 saturated carbocycles. The summed E-state index contributed by atoms with van der Waals surface area (Å²) in [6.45, 7) is 5.38. The van der Waals surface area contributed by atoms with Crippen molar-refractivity contribution >= 4 is 39.9 Å². The van der Waals surface area contributed by atoms with Crippen molar-refractivity contribution in [2.45, 2.75) is 0 Å². The minimum absolute atomic E-state index is 0.474. The van der Waals surface area contributed by atoms with Gasteiger partial charge in [0.1, 0.15) is 5.82 Å². The Morgan fingerprint density at radius 1 is 1.26 bits per heavy atom. The molecule has 27 heavy (non-hydrogen) atoms. The Balaban J connectivity index is 1.68.